The third-order valence-corrected chi connectivity index (χ3v) is 13.9. The molecule has 4 heterocycles. The number of nitrogens with zero attached hydrogens (tertiary/aromatic N) is 6. The molecule has 4 N–H and O–H groups in total. The van der Waals surface area contributed by atoms with Gasteiger partial charge in [0.15, 0.2) is 0 Å². The zero-order valence-corrected chi connectivity index (χ0v) is 45.7. The molecule has 0 radical (unpaired) electrons. The number of alkyl halides is 2. The van der Waals surface area contributed by atoms with Gasteiger partial charge in [0.05, 0.1) is 32.0 Å². The van der Waals surface area contributed by atoms with Crippen molar-refractivity contribution in [1.82, 2.24) is 51.1 Å². The van der Waals surface area contributed by atoms with Gasteiger partial charge in [-0.1, -0.05) is 31.9 Å². The minimum absolute atomic E-state index is 0.00481. The van der Waals surface area contributed by atoms with Gasteiger partial charge in [0, 0.05) is 107 Å². The molecule has 0 aromatic rings. The number of nitrogens with one attached hydrogen (secondary N) is 4. The summed E-state index contributed by atoms with van der Waals surface area (Å²) in [7, 11) is -4.18. The second-order valence-corrected chi connectivity index (χ2v) is 20.5. The van der Waals surface area contributed by atoms with Crippen LogP contribution in [0, 0.1) is 24.7 Å². The summed E-state index contributed by atoms with van der Waals surface area (Å²) in [4.78, 5) is 224. The number of hydroxylamine groups is 8. The first-order chi connectivity index (χ1) is 37.4. The van der Waals surface area contributed by atoms with E-state index in [1.807, 2.05) is 5.43 Å². The van der Waals surface area contributed by atoms with Crippen LogP contribution in [0.1, 0.15) is 96.3 Å². The van der Waals surface area contributed by atoms with Crippen molar-refractivity contribution in [3.05, 3.63) is 0 Å². The molecule has 4 rings (SSSR count). The van der Waals surface area contributed by atoms with Gasteiger partial charge in [0.2, 0.25) is 19.3 Å². The molecule has 0 spiro atoms. The SMILES string of the molecule is C#CC(=O)NCP(=O)(NNC(=O)C#C)N(CCC(=O)ON1C(=O)CCC1=O)CCC(=O)ON1C(=O)CCC1=O.O=C(CCBr)CC(NC(=O)CCBr)C(=O)N(CCC(=O)ON1C(=O)CCC1=O)CCC(=O)ON1C(=O)CCC1=O. The average molecular weight is 1260 g/mol. The Morgan fingerprint density at radius 2 is 0.873 bits per heavy atom. The lowest BCUT2D eigenvalue weighted by Gasteiger charge is -2.31. The number of ketones is 1. The fourth-order valence-corrected chi connectivity index (χ4v) is 9.41. The van der Waals surface area contributed by atoms with Crippen LogP contribution in [-0.2, 0) is 105 Å². The second-order valence-electron chi connectivity index (χ2n) is 16.4. The molecule has 12 amide bonds. The highest BCUT2D eigenvalue weighted by atomic mass is 79.9. The molecule has 2 unspecified atom stereocenters. The zero-order valence-electron chi connectivity index (χ0n) is 41.7. The zero-order chi connectivity index (χ0) is 59.0. The number of Topliss-reactive ketones (excluding diaryl/α,β-unsaturated/α-hetero) is 1. The van der Waals surface area contributed by atoms with Gasteiger partial charge in [0.1, 0.15) is 11.8 Å². The van der Waals surface area contributed by atoms with Crippen molar-refractivity contribution in [3.8, 4) is 24.7 Å². The quantitative estimate of drug-likeness (QED) is 0.0194. The Balaban J connectivity index is 0.000000415. The smallest absolute Gasteiger partial charge is 0.334 e. The Hall–Kier alpha value is -7.78. The van der Waals surface area contributed by atoms with Gasteiger partial charge >= 0.3 is 29.8 Å². The Morgan fingerprint density at radius 1 is 0.532 bits per heavy atom. The minimum Gasteiger partial charge on any atom is -0.344 e. The minimum atomic E-state index is -4.18. The van der Waals surface area contributed by atoms with Gasteiger partial charge in [-0.05, 0) is 11.8 Å². The van der Waals surface area contributed by atoms with Crippen LogP contribution in [0.3, 0.4) is 0 Å². The first-order valence-corrected chi connectivity index (χ1v) is 27.6. The van der Waals surface area contributed by atoms with Crippen LogP contribution in [0.5, 0.6) is 0 Å². The van der Waals surface area contributed by atoms with E-state index in [2.05, 4.69) is 47.7 Å². The summed E-state index contributed by atoms with van der Waals surface area (Å²) in [6.45, 7) is -1.77. The Bertz CT molecular complexity index is 2410. The van der Waals surface area contributed by atoms with Crippen molar-refractivity contribution in [1.29, 1.82) is 0 Å². The molecule has 428 valence electrons. The number of hydrazine groups is 1. The first kappa shape index (κ1) is 65.5. The number of carbonyl (C=O) groups excluding carboxylic acids is 17. The average Bonchev–Trinajstić information content (AvgIpc) is 4.12. The second kappa shape index (κ2) is 32.2. The van der Waals surface area contributed by atoms with Crippen LogP contribution < -0.4 is 21.3 Å². The van der Waals surface area contributed by atoms with Crippen LogP contribution in [0.15, 0.2) is 0 Å². The molecule has 0 aromatic heterocycles. The van der Waals surface area contributed by atoms with E-state index >= 15 is 0 Å². The van der Waals surface area contributed by atoms with E-state index < -0.39 is 153 Å². The normalized spacial score (nSPS) is 16.1. The van der Waals surface area contributed by atoms with Gasteiger partial charge in [-0.2, -0.15) is 5.20 Å². The highest BCUT2D eigenvalue weighted by Gasteiger charge is 2.39. The fraction of sp³-hybridized carbons (Fsp3) is 0.523. The Labute approximate surface area is 464 Å². The number of hydrogen-bond acceptors (Lipinski definition) is 22. The summed E-state index contributed by atoms with van der Waals surface area (Å²) in [6.07, 6.45) is 5.67. The van der Waals surface area contributed by atoms with Crippen molar-refractivity contribution >= 4 is 140 Å². The molecular weight excluding hydrogens is 1210 g/mol. The Kier molecular flexibility index (Phi) is 26.7. The maximum atomic E-state index is 13.8. The molecule has 0 aliphatic carbocycles. The molecule has 0 aromatic carbocycles. The summed E-state index contributed by atoms with van der Waals surface area (Å²) in [5.74, 6) is -10.2. The topological polar surface area (TPSA) is 412 Å². The predicted octanol–water partition coefficient (Wildman–Crippen LogP) is -2.74. The predicted molar refractivity (Wildman–Crippen MR) is 263 cm³/mol. The summed E-state index contributed by atoms with van der Waals surface area (Å²) in [5.41, 5.74) is 1.95. The highest BCUT2D eigenvalue weighted by Crippen LogP contribution is 2.44. The van der Waals surface area contributed by atoms with Gasteiger partial charge < -0.3 is 34.9 Å². The van der Waals surface area contributed by atoms with Gasteiger partial charge in [0.25, 0.3) is 53.2 Å². The molecule has 79 heavy (non-hydrogen) atoms. The molecule has 4 aliphatic rings. The summed E-state index contributed by atoms with van der Waals surface area (Å²) < 4.78 is 14.7. The van der Waals surface area contributed by atoms with Crippen LogP contribution in [-0.4, -0.2) is 180 Å². The molecule has 35 heteroatoms. The monoisotopic (exact) mass is 1260 g/mol. The van der Waals surface area contributed by atoms with E-state index in [1.54, 1.807) is 11.8 Å². The molecule has 0 bridgehead atoms. The van der Waals surface area contributed by atoms with Crippen molar-refractivity contribution in [2.24, 2.45) is 0 Å². The van der Waals surface area contributed by atoms with Crippen molar-refractivity contribution in [2.45, 2.75) is 102 Å². The maximum Gasteiger partial charge on any atom is 0.334 e. The van der Waals surface area contributed by atoms with Gasteiger partial charge in [-0.3, -0.25) is 72.3 Å². The summed E-state index contributed by atoms with van der Waals surface area (Å²) in [6, 6.07) is -1.33. The molecule has 0 saturated carbocycles. The lowest BCUT2D eigenvalue weighted by molar-refractivity contribution is -0.198. The van der Waals surface area contributed by atoms with Crippen LogP contribution in [0.25, 0.3) is 0 Å². The van der Waals surface area contributed by atoms with E-state index in [1.165, 1.54) is 0 Å². The third kappa shape index (κ3) is 21.2. The van der Waals surface area contributed by atoms with E-state index in [0.717, 1.165) is 9.57 Å². The number of amides is 12. The number of imide groups is 4. The first-order valence-electron chi connectivity index (χ1n) is 23.5. The summed E-state index contributed by atoms with van der Waals surface area (Å²) >= 11 is 6.25. The highest BCUT2D eigenvalue weighted by molar-refractivity contribution is 9.09. The molecule has 4 aliphatic heterocycles. The largest absolute Gasteiger partial charge is 0.344 e. The van der Waals surface area contributed by atoms with Crippen molar-refractivity contribution in [3.63, 3.8) is 0 Å². The number of halogens is 2. The van der Waals surface area contributed by atoms with Crippen molar-refractivity contribution < 1.29 is 105 Å². The van der Waals surface area contributed by atoms with E-state index in [9.17, 15) is 86.1 Å². The number of rotatable bonds is 29. The lowest BCUT2D eigenvalue weighted by Crippen LogP contribution is -2.50. The molecule has 4 fully saturated rings. The van der Waals surface area contributed by atoms with E-state index in [-0.39, 0.29) is 89.5 Å². The molecule has 2 atom stereocenters. The molecular formula is C44H51Br2N10O22P. The lowest BCUT2D eigenvalue weighted by atomic mass is 10.1. The molecule has 32 nitrogen and oxygen atoms in total. The van der Waals surface area contributed by atoms with Crippen molar-refractivity contribution in [2.75, 3.05) is 43.1 Å². The van der Waals surface area contributed by atoms with Crippen LogP contribution >= 0.6 is 39.3 Å². The van der Waals surface area contributed by atoms with Gasteiger partial charge in [-0.25, -0.2) is 23.8 Å². The van der Waals surface area contributed by atoms with E-state index in [4.69, 9.17) is 32.2 Å². The van der Waals surface area contributed by atoms with Gasteiger partial charge in [-0.15, -0.1) is 33.1 Å². The van der Waals surface area contributed by atoms with E-state index in [0.29, 0.717) is 30.9 Å². The third-order valence-electron chi connectivity index (χ3n) is 10.7. The summed E-state index contributed by atoms with van der Waals surface area (Å²) in [5, 5.41) is 8.68. The van der Waals surface area contributed by atoms with Crippen LogP contribution in [0.2, 0.25) is 0 Å². The molecule has 4 saturated heterocycles. The standard InChI is InChI=1S/C23H28Br2N4O11.C21H23N6O11P/c24-9-5-14(30)13-15(26-16(31)6-10-25)23(38)27(11-7-21(36)39-28-17(32)1-2-18(28)33)12-8-22(37)40-29-19(34)3-4-20(29)35;1-3-14(28)22-13-39(36,24-23-15(29)4-2)25(11-9-20(34)37-26-16(30)5-6-17(26)31)12-10-21(35)38-27-18(32)7-8-19(27)33/h15H,1-13H2,(H,26,31);1-2H,5-13H2,(H,22,28)(H,23,29)(H,24,36). The number of terminal acetylenes is 2. The van der Waals surface area contributed by atoms with Crippen LogP contribution in [0.4, 0.5) is 0 Å². The number of carbonyl (C=O) groups is 17. The maximum absolute atomic E-state index is 13.8. The Morgan fingerprint density at radius 3 is 1.20 bits per heavy atom. The number of hydrogen-bond donors (Lipinski definition) is 4. The fourth-order valence-electron chi connectivity index (χ4n) is 6.70.